The Kier molecular flexibility index (Phi) is 5.36. The number of ether oxygens (including phenoxy) is 2. The summed E-state index contributed by atoms with van der Waals surface area (Å²) in [7, 11) is 3.23. The molecule has 2 aliphatic rings. The van der Waals surface area contributed by atoms with Crippen molar-refractivity contribution in [3.63, 3.8) is 0 Å². The second kappa shape index (κ2) is 8.10. The van der Waals surface area contributed by atoms with Crippen LogP contribution >= 0.6 is 11.8 Å². The van der Waals surface area contributed by atoms with Gasteiger partial charge in [-0.2, -0.15) is 5.26 Å². The van der Waals surface area contributed by atoms with E-state index in [1.54, 1.807) is 19.1 Å². The average molecular weight is 407 g/mol. The molecule has 4 rings (SSSR count). The fourth-order valence-corrected chi connectivity index (χ4v) is 4.89. The Bertz CT molecular complexity index is 1000. The van der Waals surface area contributed by atoms with Gasteiger partial charge in [-0.25, -0.2) is 0 Å². The summed E-state index contributed by atoms with van der Waals surface area (Å²) in [6, 6.07) is 17.8. The van der Waals surface area contributed by atoms with Crippen LogP contribution in [0.4, 0.5) is 5.69 Å². The van der Waals surface area contributed by atoms with Crippen LogP contribution in [0.15, 0.2) is 59.1 Å². The SMILES string of the molecule is COc1ccc(N2CSC3=C(C#N)[C@@H](c4ccccc4)CC(=O)N3C2)c(OC)c1. The predicted octanol–water partition coefficient (Wildman–Crippen LogP) is 3.92. The number of rotatable bonds is 4. The van der Waals surface area contributed by atoms with Crippen LogP contribution in [-0.4, -0.2) is 37.6 Å². The third-order valence-corrected chi connectivity index (χ3v) is 6.38. The van der Waals surface area contributed by atoms with Crippen LogP contribution in [0.25, 0.3) is 0 Å². The number of carbonyl (C=O) groups is 1. The van der Waals surface area contributed by atoms with Crippen LogP contribution in [0.3, 0.4) is 0 Å². The van der Waals surface area contributed by atoms with Crippen LogP contribution in [-0.2, 0) is 4.79 Å². The Hall–Kier alpha value is -3.11. The number of fused-ring (bicyclic) bond motifs is 1. The number of benzene rings is 2. The van der Waals surface area contributed by atoms with Crippen LogP contribution in [0.5, 0.6) is 11.5 Å². The monoisotopic (exact) mass is 407 g/mol. The number of allylic oxidation sites excluding steroid dienone is 1. The normalized spacial score (nSPS) is 18.9. The zero-order valence-electron chi connectivity index (χ0n) is 16.3. The summed E-state index contributed by atoms with van der Waals surface area (Å²) in [4.78, 5) is 16.8. The first kappa shape index (κ1) is 19.2. The molecule has 6 nitrogen and oxygen atoms in total. The van der Waals surface area contributed by atoms with Crippen molar-refractivity contribution in [3.05, 3.63) is 64.7 Å². The molecule has 7 heteroatoms. The van der Waals surface area contributed by atoms with Gasteiger partial charge in [0.25, 0.3) is 0 Å². The molecule has 29 heavy (non-hydrogen) atoms. The zero-order chi connectivity index (χ0) is 20.4. The highest BCUT2D eigenvalue weighted by atomic mass is 32.2. The summed E-state index contributed by atoms with van der Waals surface area (Å²) < 4.78 is 10.8. The minimum absolute atomic E-state index is 0.0255. The third kappa shape index (κ3) is 3.52. The highest BCUT2D eigenvalue weighted by Gasteiger charge is 2.38. The van der Waals surface area contributed by atoms with Crippen molar-refractivity contribution in [1.82, 2.24) is 4.90 Å². The van der Waals surface area contributed by atoms with Crippen molar-refractivity contribution in [2.45, 2.75) is 12.3 Å². The maximum Gasteiger partial charge on any atom is 0.229 e. The summed E-state index contributed by atoms with van der Waals surface area (Å²) in [6.07, 6.45) is 0.296. The first-order valence-electron chi connectivity index (χ1n) is 9.25. The topological polar surface area (TPSA) is 65.8 Å². The number of nitrogens with zero attached hydrogens (tertiary/aromatic N) is 3. The van der Waals surface area contributed by atoms with E-state index in [1.165, 1.54) is 11.8 Å². The molecule has 0 unspecified atom stereocenters. The number of nitriles is 1. The van der Waals surface area contributed by atoms with Crippen molar-refractivity contribution in [3.8, 4) is 17.6 Å². The molecule has 0 spiro atoms. The molecule has 148 valence electrons. The van der Waals surface area contributed by atoms with Gasteiger partial charge in [-0.05, 0) is 17.7 Å². The maximum absolute atomic E-state index is 13.0. The summed E-state index contributed by atoms with van der Waals surface area (Å²) in [5, 5.41) is 10.6. The molecular formula is C22H21N3O3S. The lowest BCUT2D eigenvalue weighted by Crippen LogP contribution is -2.47. The molecular weight excluding hydrogens is 386 g/mol. The predicted molar refractivity (Wildman–Crippen MR) is 113 cm³/mol. The molecule has 0 saturated carbocycles. The molecule has 1 saturated heterocycles. The van der Waals surface area contributed by atoms with E-state index in [1.807, 2.05) is 48.5 Å². The van der Waals surface area contributed by atoms with Crippen molar-refractivity contribution in [1.29, 1.82) is 5.26 Å². The highest BCUT2D eigenvalue weighted by Crippen LogP contribution is 2.44. The van der Waals surface area contributed by atoms with Crippen LogP contribution in [0, 0.1) is 11.3 Å². The highest BCUT2D eigenvalue weighted by molar-refractivity contribution is 8.03. The van der Waals surface area contributed by atoms with E-state index in [4.69, 9.17) is 9.47 Å². The number of hydrogen-bond donors (Lipinski definition) is 0. The number of thioether (sulfide) groups is 1. The van der Waals surface area contributed by atoms with Gasteiger partial charge in [-0.15, -0.1) is 0 Å². The number of carbonyl (C=O) groups excluding carboxylic acids is 1. The molecule has 2 heterocycles. The van der Waals surface area contributed by atoms with Crippen molar-refractivity contribution < 1.29 is 14.3 Å². The van der Waals surface area contributed by atoms with Gasteiger partial charge in [0.05, 0.1) is 49.1 Å². The van der Waals surface area contributed by atoms with E-state index in [0.717, 1.165) is 16.3 Å². The molecule has 0 N–H and O–H groups in total. The van der Waals surface area contributed by atoms with E-state index in [-0.39, 0.29) is 11.8 Å². The van der Waals surface area contributed by atoms with Crippen molar-refractivity contribution >= 4 is 23.4 Å². The van der Waals surface area contributed by atoms with Gasteiger partial charge in [0.1, 0.15) is 11.5 Å². The molecule has 0 aliphatic carbocycles. The van der Waals surface area contributed by atoms with E-state index in [9.17, 15) is 10.1 Å². The van der Waals surface area contributed by atoms with Gasteiger partial charge in [0, 0.05) is 18.4 Å². The molecule has 1 fully saturated rings. The Morgan fingerprint density at radius 2 is 1.93 bits per heavy atom. The van der Waals surface area contributed by atoms with E-state index in [0.29, 0.717) is 36.0 Å². The van der Waals surface area contributed by atoms with Gasteiger partial charge in [0.2, 0.25) is 5.91 Å². The Balaban J connectivity index is 1.66. The van der Waals surface area contributed by atoms with Gasteiger partial charge in [-0.1, -0.05) is 42.1 Å². The summed E-state index contributed by atoms with van der Waals surface area (Å²) in [6.45, 7) is 0.385. The van der Waals surface area contributed by atoms with Gasteiger partial charge >= 0.3 is 0 Å². The fraction of sp³-hybridized carbons (Fsp3) is 0.273. The summed E-state index contributed by atoms with van der Waals surface area (Å²) in [5.74, 6) is 1.85. The molecule has 0 radical (unpaired) electrons. The lowest BCUT2D eigenvalue weighted by atomic mass is 9.86. The smallest absolute Gasteiger partial charge is 0.229 e. The molecule has 1 atom stereocenters. The Labute approximate surface area is 174 Å². The standard InChI is InChI=1S/C22H21N3O3S/c1-27-16-8-9-19(20(10-16)28-2)24-13-25-21(26)11-17(15-6-4-3-5-7-15)18(12-23)22(25)29-14-24/h3-10,17H,11,13-14H2,1-2H3/t17-/m1/s1. The van der Waals surface area contributed by atoms with E-state index in [2.05, 4.69) is 11.0 Å². The van der Waals surface area contributed by atoms with Gasteiger partial charge in [0.15, 0.2) is 0 Å². The molecule has 0 bridgehead atoms. The molecule has 2 aliphatic heterocycles. The van der Waals surface area contributed by atoms with Gasteiger partial charge in [-0.3, -0.25) is 9.69 Å². The number of hydrogen-bond acceptors (Lipinski definition) is 6. The minimum Gasteiger partial charge on any atom is -0.497 e. The van der Waals surface area contributed by atoms with Crippen LogP contribution < -0.4 is 14.4 Å². The second-order valence-electron chi connectivity index (χ2n) is 6.81. The molecule has 1 amide bonds. The second-order valence-corrected chi connectivity index (χ2v) is 7.75. The van der Waals surface area contributed by atoms with Crippen molar-refractivity contribution in [2.75, 3.05) is 31.7 Å². The fourth-order valence-electron chi connectivity index (χ4n) is 3.73. The zero-order valence-corrected chi connectivity index (χ0v) is 17.1. The van der Waals surface area contributed by atoms with Crippen LogP contribution in [0.2, 0.25) is 0 Å². The third-order valence-electron chi connectivity index (χ3n) is 5.22. The van der Waals surface area contributed by atoms with E-state index >= 15 is 0 Å². The number of anilines is 1. The van der Waals surface area contributed by atoms with E-state index < -0.39 is 0 Å². The Morgan fingerprint density at radius 3 is 2.62 bits per heavy atom. The first-order valence-corrected chi connectivity index (χ1v) is 10.2. The summed E-state index contributed by atoms with van der Waals surface area (Å²) in [5.41, 5.74) is 2.56. The largest absolute Gasteiger partial charge is 0.497 e. The lowest BCUT2D eigenvalue weighted by Gasteiger charge is -2.42. The summed E-state index contributed by atoms with van der Waals surface area (Å²) >= 11 is 1.52. The lowest BCUT2D eigenvalue weighted by molar-refractivity contribution is -0.129. The minimum atomic E-state index is -0.186. The van der Waals surface area contributed by atoms with Crippen LogP contribution in [0.1, 0.15) is 17.9 Å². The quantitative estimate of drug-likeness (QED) is 0.765. The molecule has 2 aromatic rings. The average Bonchev–Trinajstić information content (AvgIpc) is 2.79. The maximum atomic E-state index is 13.0. The van der Waals surface area contributed by atoms with Gasteiger partial charge < -0.3 is 14.4 Å². The molecule has 0 aromatic heterocycles. The molecule has 2 aromatic carbocycles. The first-order chi connectivity index (χ1) is 14.2. The Morgan fingerprint density at radius 1 is 1.14 bits per heavy atom. The van der Waals surface area contributed by atoms with Crippen molar-refractivity contribution in [2.24, 2.45) is 0 Å². The number of amides is 1. The number of methoxy groups -OCH3 is 2.